The van der Waals surface area contributed by atoms with E-state index in [1.807, 2.05) is 0 Å². The second-order valence-corrected chi connectivity index (χ2v) is 6.18. The fraction of sp³-hybridized carbons (Fsp3) is 0.562. The average molecular weight is 372 g/mol. The van der Waals surface area contributed by atoms with Gasteiger partial charge in [-0.15, -0.1) is 0 Å². The van der Waals surface area contributed by atoms with Gasteiger partial charge in [0.25, 0.3) is 0 Å². The van der Waals surface area contributed by atoms with Crippen LogP contribution in [0.2, 0.25) is 0 Å². The van der Waals surface area contributed by atoms with Gasteiger partial charge in [-0.2, -0.15) is 0 Å². The predicted molar refractivity (Wildman–Crippen MR) is 82.8 cm³/mol. The van der Waals surface area contributed by atoms with Crippen LogP contribution in [-0.4, -0.2) is 68.7 Å². The molecule has 1 aliphatic rings. The quantitative estimate of drug-likeness (QED) is 0.233. The van der Waals surface area contributed by atoms with E-state index in [1.54, 1.807) is 0 Å². The molecule has 10 heteroatoms. The molecule has 1 saturated carbocycles. The van der Waals surface area contributed by atoms with E-state index in [1.165, 1.54) is 6.92 Å². The highest BCUT2D eigenvalue weighted by Gasteiger charge is 2.75. The third-order valence-corrected chi connectivity index (χ3v) is 4.63. The largest absolute Gasteiger partial charge is 0.481 e. The summed E-state index contributed by atoms with van der Waals surface area (Å²) in [6.07, 6.45) is -5.75. The highest BCUT2D eigenvalue weighted by atomic mass is 16.5. The maximum atomic E-state index is 12.4. The maximum absolute atomic E-state index is 12.4. The van der Waals surface area contributed by atoms with Gasteiger partial charge in [0, 0.05) is 18.4 Å². The monoisotopic (exact) mass is 372 g/mol. The molecule has 1 rings (SSSR count). The zero-order chi connectivity index (χ0) is 20.4. The normalized spacial score (nSPS) is 26.1. The summed E-state index contributed by atoms with van der Waals surface area (Å²) >= 11 is 0. The number of aliphatic hydroxyl groups is 2. The molecular formula is C16H20O10. The van der Waals surface area contributed by atoms with Gasteiger partial charge in [0.1, 0.15) is 11.5 Å². The molecule has 1 fully saturated rings. The molecule has 10 nitrogen and oxygen atoms in total. The van der Waals surface area contributed by atoms with E-state index >= 15 is 0 Å². The lowest BCUT2D eigenvalue weighted by molar-refractivity contribution is -0.191. The molecular weight excluding hydrogens is 352 g/mol. The number of ether oxygens (including phenoxy) is 1. The standard InChI is InChI=1S/C16H20O10/c1-7(2)12(21)26-5-4-15(8(3)17,13(22)23)16(14(24)25)10(19)6-9(18)11(16)20/h8-9,17-18H,1,4-6H2,2-3H3,(H,22,23)(H,24,25). The first-order chi connectivity index (χ1) is 11.9. The van der Waals surface area contributed by atoms with Crippen LogP contribution in [0.25, 0.3) is 0 Å². The Morgan fingerprint density at radius 2 is 1.88 bits per heavy atom. The second-order valence-electron chi connectivity index (χ2n) is 6.18. The zero-order valence-electron chi connectivity index (χ0n) is 14.2. The van der Waals surface area contributed by atoms with Crippen molar-refractivity contribution >= 4 is 29.5 Å². The van der Waals surface area contributed by atoms with E-state index in [9.17, 15) is 44.4 Å². The molecule has 0 aliphatic heterocycles. The van der Waals surface area contributed by atoms with E-state index in [2.05, 4.69) is 6.58 Å². The van der Waals surface area contributed by atoms with Crippen molar-refractivity contribution in [3.63, 3.8) is 0 Å². The van der Waals surface area contributed by atoms with Gasteiger partial charge in [0.15, 0.2) is 11.6 Å². The summed E-state index contributed by atoms with van der Waals surface area (Å²) < 4.78 is 4.75. The van der Waals surface area contributed by atoms with Crippen LogP contribution in [0, 0.1) is 10.8 Å². The molecule has 0 bridgehead atoms. The third-order valence-electron chi connectivity index (χ3n) is 4.63. The molecule has 144 valence electrons. The van der Waals surface area contributed by atoms with Gasteiger partial charge in [0.05, 0.1) is 12.7 Å². The molecule has 0 saturated heterocycles. The van der Waals surface area contributed by atoms with Crippen LogP contribution in [0.1, 0.15) is 26.7 Å². The molecule has 0 aromatic carbocycles. The number of hydrogen-bond acceptors (Lipinski definition) is 8. The van der Waals surface area contributed by atoms with Gasteiger partial charge < -0.3 is 25.2 Å². The Hall–Kier alpha value is -2.59. The Labute approximate surface area is 148 Å². The molecule has 4 atom stereocenters. The van der Waals surface area contributed by atoms with Gasteiger partial charge in [-0.05, 0) is 13.8 Å². The summed E-state index contributed by atoms with van der Waals surface area (Å²) in [7, 11) is 0. The van der Waals surface area contributed by atoms with Gasteiger partial charge in [-0.25, -0.2) is 4.79 Å². The van der Waals surface area contributed by atoms with Gasteiger partial charge >= 0.3 is 17.9 Å². The van der Waals surface area contributed by atoms with Crippen LogP contribution in [0.5, 0.6) is 0 Å². The second kappa shape index (κ2) is 7.34. The number of carboxylic acid groups (broad SMARTS) is 2. The minimum Gasteiger partial charge on any atom is -0.481 e. The van der Waals surface area contributed by atoms with Crippen molar-refractivity contribution in [2.75, 3.05) is 6.61 Å². The summed E-state index contributed by atoms with van der Waals surface area (Å²) in [6, 6.07) is 0. The highest BCUT2D eigenvalue weighted by molar-refractivity contribution is 6.30. The molecule has 0 spiro atoms. The fourth-order valence-corrected chi connectivity index (χ4v) is 3.28. The smallest absolute Gasteiger partial charge is 0.333 e. The molecule has 0 heterocycles. The van der Waals surface area contributed by atoms with Crippen molar-refractivity contribution < 1.29 is 49.1 Å². The summed E-state index contributed by atoms with van der Waals surface area (Å²) in [4.78, 5) is 60.1. The van der Waals surface area contributed by atoms with Crippen molar-refractivity contribution in [3.8, 4) is 0 Å². The molecule has 0 aromatic rings. The number of carbonyl (C=O) groups excluding carboxylic acids is 3. The van der Waals surface area contributed by atoms with E-state index in [4.69, 9.17) is 4.74 Å². The van der Waals surface area contributed by atoms with E-state index in [0.29, 0.717) is 0 Å². The molecule has 4 N–H and O–H groups in total. The number of carboxylic acids is 2. The number of ketones is 2. The van der Waals surface area contributed by atoms with Gasteiger partial charge in [-0.1, -0.05) is 6.58 Å². The lowest BCUT2D eigenvalue weighted by Crippen LogP contribution is -2.64. The van der Waals surface area contributed by atoms with Gasteiger partial charge in [-0.3, -0.25) is 19.2 Å². The highest BCUT2D eigenvalue weighted by Crippen LogP contribution is 2.52. The number of esters is 1. The van der Waals surface area contributed by atoms with Crippen molar-refractivity contribution in [3.05, 3.63) is 12.2 Å². The number of carbonyl (C=O) groups is 5. The van der Waals surface area contributed by atoms with E-state index in [-0.39, 0.29) is 5.57 Å². The summed E-state index contributed by atoms with van der Waals surface area (Å²) in [5.74, 6) is -7.81. The third kappa shape index (κ3) is 2.90. The lowest BCUT2D eigenvalue weighted by Gasteiger charge is -2.42. The number of aliphatic carboxylic acids is 2. The van der Waals surface area contributed by atoms with Gasteiger partial charge in [0.2, 0.25) is 5.41 Å². The minimum atomic E-state index is -3.21. The molecule has 0 aromatic heterocycles. The Kier molecular flexibility index (Phi) is 6.06. The van der Waals surface area contributed by atoms with Crippen molar-refractivity contribution in [2.24, 2.45) is 10.8 Å². The lowest BCUT2D eigenvalue weighted by atomic mass is 9.56. The predicted octanol–water partition coefficient (Wildman–Crippen LogP) is -1.08. The molecule has 0 radical (unpaired) electrons. The van der Waals surface area contributed by atoms with Crippen LogP contribution in [0.4, 0.5) is 0 Å². The van der Waals surface area contributed by atoms with Crippen LogP contribution < -0.4 is 0 Å². The van der Waals surface area contributed by atoms with Crippen LogP contribution in [0.3, 0.4) is 0 Å². The fourth-order valence-electron chi connectivity index (χ4n) is 3.28. The number of Topliss-reactive ketones (excluding diaryl/α,β-unsaturated/α-hetero) is 2. The van der Waals surface area contributed by atoms with Crippen molar-refractivity contribution in [2.45, 2.75) is 38.9 Å². The SMILES string of the molecule is C=C(C)C(=O)OCCC(C(=O)O)(C(C)O)C1(C(=O)O)C(=O)CC(O)C1=O. The summed E-state index contributed by atoms with van der Waals surface area (Å²) in [5.41, 5.74) is -6.07. The van der Waals surface area contributed by atoms with Crippen molar-refractivity contribution in [1.29, 1.82) is 0 Å². The minimum absolute atomic E-state index is 0.0145. The maximum Gasteiger partial charge on any atom is 0.333 e. The zero-order valence-corrected chi connectivity index (χ0v) is 14.2. The topological polar surface area (TPSA) is 176 Å². The Balaban J connectivity index is 3.53. The van der Waals surface area contributed by atoms with Crippen molar-refractivity contribution in [1.82, 2.24) is 0 Å². The number of hydrogen-bond donors (Lipinski definition) is 4. The Morgan fingerprint density at radius 3 is 2.19 bits per heavy atom. The molecule has 4 unspecified atom stereocenters. The molecule has 0 amide bonds. The summed E-state index contributed by atoms with van der Waals surface area (Å²) in [5, 5.41) is 39.1. The summed E-state index contributed by atoms with van der Waals surface area (Å²) in [6.45, 7) is 4.85. The van der Waals surface area contributed by atoms with Crippen LogP contribution in [-0.2, 0) is 28.7 Å². The Morgan fingerprint density at radius 1 is 1.35 bits per heavy atom. The first-order valence-electron chi connectivity index (χ1n) is 7.60. The first kappa shape index (κ1) is 21.5. The number of aliphatic hydroxyl groups excluding tert-OH is 2. The molecule has 1 aliphatic carbocycles. The van der Waals surface area contributed by atoms with E-state index < -0.39 is 72.0 Å². The molecule has 26 heavy (non-hydrogen) atoms. The van der Waals surface area contributed by atoms with Crippen LogP contribution in [0.15, 0.2) is 12.2 Å². The average Bonchev–Trinajstić information content (AvgIpc) is 2.74. The Bertz CT molecular complexity index is 679. The van der Waals surface area contributed by atoms with Crippen LogP contribution >= 0.6 is 0 Å². The van der Waals surface area contributed by atoms with E-state index in [0.717, 1.165) is 6.92 Å². The number of rotatable bonds is 8. The first-order valence-corrected chi connectivity index (χ1v) is 7.60.